The zero-order valence-electron chi connectivity index (χ0n) is 13.5. The van der Waals surface area contributed by atoms with Crippen molar-refractivity contribution in [3.05, 3.63) is 105 Å². The van der Waals surface area contributed by atoms with Gasteiger partial charge in [0.2, 0.25) is 0 Å². The Labute approximate surface area is 154 Å². The first-order chi connectivity index (χ1) is 12.3. The second kappa shape index (κ2) is 5.67. The molecule has 0 bridgehead atoms. The summed E-state index contributed by atoms with van der Waals surface area (Å²) in [6.07, 6.45) is 0.818. The van der Waals surface area contributed by atoms with E-state index < -0.39 is 5.60 Å². The quantitative estimate of drug-likeness (QED) is 0.499. The molecule has 0 unspecified atom stereocenters. The van der Waals surface area contributed by atoms with Crippen LogP contribution in [-0.2, 0) is 12.0 Å². The summed E-state index contributed by atoms with van der Waals surface area (Å²) in [4.78, 5) is 2.42. The molecule has 0 fully saturated rings. The molecule has 1 nitrogen and oxygen atoms in total. The highest BCUT2D eigenvalue weighted by molar-refractivity contribution is 7.21. The third-order valence-electron chi connectivity index (χ3n) is 4.96. The Hall–Kier alpha value is -2.20. The van der Waals surface area contributed by atoms with Gasteiger partial charge >= 0.3 is 0 Å². The molecule has 0 aliphatic heterocycles. The van der Waals surface area contributed by atoms with Crippen LogP contribution in [0.2, 0.25) is 0 Å². The molecular weight excluding hydrogens is 344 g/mol. The molecular formula is C22H16OS2. The van der Waals surface area contributed by atoms with Crippen molar-refractivity contribution in [3.8, 4) is 9.75 Å². The van der Waals surface area contributed by atoms with Gasteiger partial charge in [-0.25, -0.2) is 0 Å². The Balaban J connectivity index is 1.70. The van der Waals surface area contributed by atoms with Crippen molar-refractivity contribution in [3.63, 3.8) is 0 Å². The van der Waals surface area contributed by atoms with Gasteiger partial charge in [-0.15, -0.1) is 22.7 Å². The minimum absolute atomic E-state index is 0.818. The van der Waals surface area contributed by atoms with Crippen LogP contribution in [0.1, 0.15) is 27.8 Å². The maximum absolute atomic E-state index is 11.9. The van der Waals surface area contributed by atoms with E-state index in [0.29, 0.717) is 0 Å². The molecule has 2 aromatic carbocycles. The number of rotatable bonds is 3. The number of fused-ring (bicyclic) bond motifs is 3. The van der Waals surface area contributed by atoms with Crippen LogP contribution in [0.4, 0.5) is 0 Å². The van der Waals surface area contributed by atoms with Crippen LogP contribution in [0.25, 0.3) is 9.75 Å². The Morgan fingerprint density at radius 2 is 1.28 bits per heavy atom. The van der Waals surface area contributed by atoms with Crippen molar-refractivity contribution in [1.82, 2.24) is 0 Å². The molecule has 0 spiro atoms. The second-order valence-corrected chi connectivity index (χ2v) is 8.19. The highest BCUT2D eigenvalue weighted by Gasteiger charge is 2.45. The standard InChI is InChI=1S/C22H16OS2/c23-22(18-10-12-24-20(18)21-19(22)11-13-25-21)17-9-5-4-8-16(17)14-15-6-2-1-3-7-15/h1-13,23H,14H2. The summed E-state index contributed by atoms with van der Waals surface area (Å²) < 4.78 is 0. The monoisotopic (exact) mass is 360 g/mol. The van der Waals surface area contributed by atoms with Gasteiger partial charge in [0.25, 0.3) is 0 Å². The first kappa shape index (κ1) is 15.1. The van der Waals surface area contributed by atoms with Crippen LogP contribution >= 0.6 is 22.7 Å². The number of hydrogen-bond acceptors (Lipinski definition) is 3. The van der Waals surface area contributed by atoms with Crippen molar-refractivity contribution < 1.29 is 5.11 Å². The smallest absolute Gasteiger partial charge is 0.143 e. The molecule has 0 amide bonds. The lowest BCUT2D eigenvalue weighted by Gasteiger charge is -2.27. The van der Waals surface area contributed by atoms with E-state index in [1.165, 1.54) is 20.9 Å². The maximum atomic E-state index is 11.9. The van der Waals surface area contributed by atoms with E-state index in [1.807, 2.05) is 12.1 Å². The van der Waals surface area contributed by atoms with Gasteiger partial charge in [-0.3, -0.25) is 0 Å². The molecule has 1 aliphatic rings. The van der Waals surface area contributed by atoms with Crippen LogP contribution in [0.15, 0.2) is 77.5 Å². The molecule has 0 radical (unpaired) electrons. The largest absolute Gasteiger partial charge is 0.376 e. The summed E-state index contributed by atoms with van der Waals surface area (Å²) in [7, 11) is 0. The van der Waals surface area contributed by atoms with E-state index in [9.17, 15) is 5.11 Å². The van der Waals surface area contributed by atoms with Crippen LogP contribution in [0, 0.1) is 0 Å². The molecule has 3 heteroatoms. The summed E-state index contributed by atoms with van der Waals surface area (Å²) >= 11 is 3.43. The van der Waals surface area contributed by atoms with Crippen molar-refractivity contribution in [2.45, 2.75) is 12.0 Å². The van der Waals surface area contributed by atoms with Gasteiger partial charge < -0.3 is 5.11 Å². The third kappa shape index (κ3) is 2.17. The lowest BCUT2D eigenvalue weighted by molar-refractivity contribution is 0.130. The lowest BCUT2D eigenvalue weighted by Crippen LogP contribution is -2.27. The molecule has 4 aromatic rings. The van der Waals surface area contributed by atoms with Gasteiger partial charge in [-0.2, -0.15) is 0 Å². The van der Waals surface area contributed by atoms with Gasteiger partial charge in [0.05, 0.1) is 9.75 Å². The first-order valence-corrected chi connectivity index (χ1v) is 10.1. The van der Waals surface area contributed by atoms with Gasteiger partial charge in [0.15, 0.2) is 0 Å². The normalized spacial score (nSPS) is 14.3. The zero-order chi connectivity index (χ0) is 16.9. The molecule has 0 atom stereocenters. The Bertz CT molecular complexity index is 1000. The topological polar surface area (TPSA) is 20.2 Å². The van der Waals surface area contributed by atoms with Crippen LogP contribution in [0.3, 0.4) is 0 Å². The maximum Gasteiger partial charge on any atom is 0.143 e. The average Bonchev–Trinajstić information content (AvgIpc) is 3.34. The van der Waals surface area contributed by atoms with Crippen LogP contribution in [0.5, 0.6) is 0 Å². The summed E-state index contributed by atoms with van der Waals surface area (Å²) in [6, 6.07) is 22.9. The predicted molar refractivity (Wildman–Crippen MR) is 105 cm³/mol. The molecule has 122 valence electrons. The van der Waals surface area contributed by atoms with Crippen molar-refractivity contribution in [1.29, 1.82) is 0 Å². The SMILES string of the molecule is OC1(c2ccccc2Cc2ccccc2)c2ccsc2-c2sccc21. The summed E-state index contributed by atoms with van der Waals surface area (Å²) in [5.41, 5.74) is 4.44. The molecule has 5 rings (SSSR count). The highest BCUT2D eigenvalue weighted by Crippen LogP contribution is 2.55. The number of benzene rings is 2. The minimum Gasteiger partial charge on any atom is -0.376 e. The van der Waals surface area contributed by atoms with E-state index in [1.54, 1.807) is 22.7 Å². The van der Waals surface area contributed by atoms with Crippen molar-refractivity contribution in [2.24, 2.45) is 0 Å². The van der Waals surface area contributed by atoms with Crippen LogP contribution < -0.4 is 0 Å². The first-order valence-electron chi connectivity index (χ1n) is 8.29. The van der Waals surface area contributed by atoms with E-state index in [-0.39, 0.29) is 0 Å². The van der Waals surface area contributed by atoms with E-state index in [4.69, 9.17) is 0 Å². The third-order valence-corrected chi connectivity index (χ3v) is 6.95. The summed E-state index contributed by atoms with van der Waals surface area (Å²) in [5, 5.41) is 16.1. The van der Waals surface area contributed by atoms with Crippen molar-refractivity contribution >= 4 is 22.7 Å². The Kier molecular flexibility index (Phi) is 3.42. The van der Waals surface area contributed by atoms with Crippen molar-refractivity contribution in [2.75, 3.05) is 0 Å². The fourth-order valence-corrected chi connectivity index (χ4v) is 5.91. The molecule has 1 N–H and O–H groups in total. The fraction of sp³-hybridized carbons (Fsp3) is 0.0909. The van der Waals surface area contributed by atoms with Gasteiger partial charge in [0, 0.05) is 11.1 Å². The Morgan fingerprint density at radius 1 is 0.680 bits per heavy atom. The zero-order valence-corrected chi connectivity index (χ0v) is 15.1. The molecule has 2 heterocycles. The lowest BCUT2D eigenvalue weighted by atomic mass is 9.81. The van der Waals surface area contributed by atoms with Gasteiger partial charge in [-0.1, -0.05) is 54.6 Å². The predicted octanol–water partition coefficient (Wildman–Crippen LogP) is 5.67. The highest BCUT2D eigenvalue weighted by atomic mass is 32.1. The van der Waals surface area contributed by atoms with E-state index >= 15 is 0 Å². The molecule has 0 saturated heterocycles. The number of aliphatic hydroxyl groups is 1. The number of thiophene rings is 2. The summed E-state index contributed by atoms with van der Waals surface area (Å²) in [5.74, 6) is 0. The minimum atomic E-state index is -1.05. The summed E-state index contributed by atoms with van der Waals surface area (Å²) in [6.45, 7) is 0. The van der Waals surface area contributed by atoms with Gasteiger partial charge in [0.1, 0.15) is 5.60 Å². The van der Waals surface area contributed by atoms with E-state index in [2.05, 4.69) is 65.4 Å². The van der Waals surface area contributed by atoms with Crippen LogP contribution in [-0.4, -0.2) is 5.11 Å². The Morgan fingerprint density at radius 3 is 1.96 bits per heavy atom. The average molecular weight is 361 g/mol. The molecule has 1 aliphatic carbocycles. The molecule has 25 heavy (non-hydrogen) atoms. The van der Waals surface area contributed by atoms with Gasteiger partial charge in [-0.05, 0) is 46.0 Å². The van der Waals surface area contributed by atoms with E-state index in [0.717, 1.165) is 23.1 Å². The number of hydrogen-bond donors (Lipinski definition) is 1. The second-order valence-electron chi connectivity index (χ2n) is 6.36. The molecule has 0 saturated carbocycles. The molecule has 2 aromatic heterocycles. The fourth-order valence-electron chi connectivity index (χ4n) is 3.82.